The molecule has 1 unspecified atom stereocenters. The van der Waals surface area contributed by atoms with E-state index in [-0.39, 0.29) is 36.7 Å². The predicted molar refractivity (Wildman–Crippen MR) is 163 cm³/mol. The molecule has 3 aliphatic heterocycles. The van der Waals surface area contributed by atoms with Crippen LogP contribution in [-0.2, 0) is 30.2 Å². The number of hydrogen-bond acceptors (Lipinski definition) is 8. The molecule has 3 heterocycles. The standard InChI is InChI=1S/C32H45ClN2O8/c1-18(2)17-41-26-15-27(36)35(6)22-13-21(14-23(39-7)28(22)33)12-19(3)10-9-11-25(40-8)32(38)16-24(42-30(37)34-32)20(4)29-31(26,5)43-29/h9-11,13-14,18,20,24-26,29,38H,12,15-17H2,1-8H3,(H,34,37)/b11-9+,19-10+/t20-,24?,25-,26+,29+,31+,32+/m1/s1. The Bertz CT molecular complexity index is 1270. The molecule has 1 aromatic rings. The Labute approximate surface area is 259 Å². The third-order valence-electron chi connectivity index (χ3n) is 8.58. The molecule has 11 heteroatoms. The molecule has 43 heavy (non-hydrogen) atoms. The van der Waals surface area contributed by atoms with Crippen LogP contribution in [0, 0.1) is 11.8 Å². The van der Waals surface area contributed by atoms with Crippen molar-refractivity contribution < 1.29 is 38.4 Å². The van der Waals surface area contributed by atoms with Crippen LogP contribution in [-0.4, -0.2) is 80.7 Å². The number of rotatable bonds is 5. The first-order valence-electron chi connectivity index (χ1n) is 14.7. The van der Waals surface area contributed by atoms with Crippen LogP contribution in [0.5, 0.6) is 5.75 Å². The summed E-state index contributed by atoms with van der Waals surface area (Å²) in [4.78, 5) is 28.0. The number of ether oxygens (including phenoxy) is 5. The summed E-state index contributed by atoms with van der Waals surface area (Å²) in [7, 11) is 4.71. The van der Waals surface area contributed by atoms with Crippen molar-refractivity contribution in [2.75, 3.05) is 32.8 Å². The van der Waals surface area contributed by atoms with E-state index in [1.165, 1.54) is 12.0 Å². The lowest BCUT2D eigenvalue weighted by Crippen LogP contribution is -2.63. The fourth-order valence-electron chi connectivity index (χ4n) is 5.98. The summed E-state index contributed by atoms with van der Waals surface area (Å²) in [6, 6.07) is 3.74. The Morgan fingerprint density at radius 1 is 1.26 bits per heavy atom. The second kappa shape index (κ2) is 13.2. The van der Waals surface area contributed by atoms with Crippen LogP contribution in [0.2, 0.25) is 5.02 Å². The van der Waals surface area contributed by atoms with Crippen LogP contribution < -0.4 is 15.0 Å². The van der Waals surface area contributed by atoms with Gasteiger partial charge >= 0.3 is 6.09 Å². The fourth-order valence-corrected chi connectivity index (χ4v) is 6.29. The van der Waals surface area contributed by atoms with Crippen molar-refractivity contribution in [2.24, 2.45) is 11.8 Å². The molecule has 0 radical (unpaired) electrons. The highest BCUT2D eigenvalue weighted by Crippen LogP contribution is 2.49. The van der Waals surface area contributed by atoms with Gasteiger partial charge in [0.2, 0.25) is 5.91 Å². The maximum atomic E-state index is 13.8. The summed E-state index contributed by atoms with van der Waals surface area (Å²) in [6.07, 6.45) is 2.83. The minimum atomic E-state index is -1.71. The van der Waals surface area contributed by atoms with Crippen molar-refractivity contribution in [3.8, 4) is 5.75 Å². The van der Waals surface area contributed by atoms with Crippen molar-refractivity contribution in [3.05, 3.63) is 46.5 Å². The molecule has 0 saturated carbocycles. The van der Waals surface area contributed by atoms with E-state index in [1.807, 2.05) is 52.8 Å². The molecular weight excluding hydrogens is 576 g/mol. The number of allylic oxidation sites excluding steroid dienone is 3. The zero-order chi connectivity index (χ0) is 31.7. The van der Waals surface area contributed by atoms with Crippen LogP contribution >= 0.6 is 11.6 Å². The molecule has 7 atom stereocenters. The predicted octanol–water partition coefficient (Wildman–Crippen LogP) is 4.80. The summed E-state index contributed by atoms with van der Waals surface area (Å²) in [6.45, 7) is 10.3. The zero-order valence-electron chi connectivity index (χ0n) is 26.3. The highest BCUT2D eigenvalue weighted by atomic mass is 35.5. The average molecular weight is 621 g/mol. The lowest BCUT2D eigenvalue weighted by atomic mass is 9.83. The first-order chi connectivity index (χ1) is 20.2. The topological polar surface area (TPSA) is 119 Å². The van der Waals surface area contributed by atoms with Crippen molar-refractivity contribution >= 4 is 29.3 Å². The van der Waals surface area contributed by atoms with Gasteiger partial charge < -0.3 is 33.7 Å². The number of amides is 2. The largest absolute Gasteiger partial charge is 0.495 e. The second-order valence-corrected chi connectivity index (χ2v) is 12.9. The summed E-state index contributed by atoms with van der Waals surface area (Å²) in [5.74, 6) is 0.180. The van der Waals surface area contributed by atoms with E-state index < -0.39 is 35.7 Å². The number of epoxide rings is 1. The van der Waals surface area contributed by atoms with Crippen molar-refractivity contribution in [2.45, 2.75) is 89.6 Å². The lowest BCUT2D eigenvalue weighted by molar-refractivity contribution is -0.142. The Morgan fingerprint density at radius 2 is 1.98 bits per heavy atom. The molecule has 238 valence electrons. The van der Waals surface area contributed by atoms with Crippen molar-refractivity contribution in [3.63, 3.8) is 0 Å². The quantitative estimate of drug-likeness (QED) is 0.451. The van der Waals surface area contributed by atoms with Gasteiger partial charge in [-0.05, 0) is 43.9 Å². The zero-order valence-corrected chi connectivity index (χ0v) is 27.1. The Kier molecular flexibility index (Phi) is 10.2. The first kappa shape index (κ1) is 33.3. The van der Waals surface area contributed by atoms with Crippen LogP contribution in [0.1, 0.15) is 53.0 Å². The van der Waals surface area contributed by atoms with E-state index in [0.717, 1.165) is 11.1 Å². The van der Waals surface area contributed by atoms with Crippen molar-refractivity contribution in [1.29, 1.82) is 0 Å². The summed E-state index contributed by atoms with van der Waals surface area (Å²) in [5.41, 5.74) is -0.106. The van der Waals surface area contributed by atoms with Crippen LogP contribution in [0.4, 0.5) is 10.5 Å². The third kappa shape index (κ3) is 7.20. The number of methoxy groups -OCH3 is 2. The number of carbonyl (C=O) groups is 2. The van der Waals surface area contributed by atoms with Crippen LogP contribution in [0.15, 0.2) is 35.9 Å². The normalized spacial score (nSPS) is 35.4. The van der Waals surface area contributed by atoms with E-state index in [1.54, 1.807) is 26.3 Å². The average Bonchev–Trinajstić information content (AvgIpc) is 3.64. The molecule has 2 amide bonds. The maximum absolute atomic E-state index is 13.8. The van der Waals surface area contributed by atoms with Gasteiger partial charge in [0.25, 0.3) is 0 Å². The number of carbonyl (C=O) groups excluding carboxylic acids is 2. The van der Waals surface area contributed by atoms with Crippen LogP contribution in [0.25, 0.3) is 0 Å². The number of nitrogens with zero attached hydrogens (tertiary/aromatic N) is 1. The summed E-state index contributed by atoms with van der Waals surface area (Å²) in [5, 5.41) is 14.5. The Morgan fingerprint density at radius 3 is 2.63 bits per heavy atom. The molecular formula is C32H45ClN2O8. The lowest BCUT2D eigenvalue weighted by Gasteiger charge is -2.42. The van der Waals surface area contributed by atoms with Gasteiger partial charge in [-0.25, -0.2) is 4.79 Å². The molecule has 4 rings (SSSR count). The number of fused-ring (bicyclic) bond motifs is 5. The summed E-state index contributed by atoms with van der Waals surface area (Å²) < 4.78 is 29.4. The number of halogens is 1. The third-order valence-corrected chi connectivity index (χ3v) is 8.96. The van der Waals surface area contributed by atoms with Gasteiger partial charge in [0.15, 0.2) is 5.72 Å². The molecule has 0 spiro atoms. The minimum absolute atomic E-state index is 0.0381. The molecule has 10 nitrogen and oxygen atoms in total. The number of anilines is 1. The maximum Gasteiger partial charge on any atom is 0.409 e. The molecule has 4 bridgehead atoms. The van der Waals surface area contributed by atoms with E-state index in [4.69, 9.17) is 35.3 Å². The Balaban J connectivity index is 1.78. The molecule has 0 aromatic heterocycles. The van der Waals surface area contributed by atoms with E-state index in [2.05, 4.69) is 5.32 Å². The number of nitrogens with one attached hydrogen (secondary N) is 1. The van der Waals surface area contributed by atoms with Gasteiger partial charge in [-0.2, -0.15) is 0 Å². The smallest absolute Gasteiger partial charge is 0.409 e. The van der Waals surface area contributed by atoms with Gasteiger partial charge in [-0.3, -0.25) is 10.1 Å². The molecule has 3 aliphatic rings. The highest BCUT2D eigenvalue weighted by molar-refractivity contribution is 6.35. The van der Waals surface area contributed by atoms with Crippen molar-refractivity contribution in [1.82, 2.24) is 5.32 Å². The molecule has 2 N–H and O–H groups in total. The SMILES string of the molecule is COc1cc2cc(c1Cl)N(C)C(=O)C[C@H](OCC(C)C)[C@]1(C)O[C@H]1[C@H](C)C1C[C@@](O)(NC(=O)O1)[C@H](OC)/C=C/C=C(\C)C2. The van der Waals surface area contributed by atoms with Gasteiger partial charge in [0.05, 0.1) is 31.4 Å². The van der Waals surface area contributed by atoms with E-state index in [9.17, 15) is 14.7 Å². The molecule has 2 saturated heterocycles. The molecule has 1 aromatic carbocycles. The number of benzene rings is 1. The highest BCUT2D eigenvalue weighted by Gasteiger charge is 2.63. The number of hydrogen-bond donors (Lipinski definition) is 2. The fraction of sp³-hybridized carbons (Fsp3) is 0.625. The number of aliphatic hydroxyl groups is 1. The van der Waals surface area contributed by atoms with Gasteiger partial charge in [-0.15, -0.1) is 0 Å². The minimum Gasteiger partial charge on any atom is -0.495 e. The first-order valence-corrected chi connectivity index (χ1v) is 15.1. The molecule has 2 fully saturated rings. The molecule has 0 aliphatic carbocycles. The van der Waals surface area contributed by atoms with Crippen LogP contribution in [0.3, 0.4) is 0 Å². The number of alkyl carbamates (subject to hydrolysis) is 1. The second-order valence-electron chi connectivity index (χ2n) is 12.5. The van der Waals surface area contributed by atoms with E-state index in [0.29, 0.717) is 29.5 Å². The van der Waals surface area contributed by atoms with E-state index >= 15 is 0 Å². The van der Waals surface area contributed by atoms with Gasteiger partial charge in [0.1, 0.15) is 28.6 Å². The summed E-state index contributed by atoms with van der Waals surface area (Å²) >= 11 is 6.71. The van der Waals surface area contributed by atoms with Gasteiger partial charge in [-0.1, -0.05) is 56.2 Å². The Hall–Kier alpha value is -2.63. The van der Waals surface area contributed by atoms with Gasteiger partial charge in [0, 0.05) is 33.1 Å². The monoisotopic (exact) mass is 620 g/mol.